The first kappa shape index (κ1) is 20.6. The van der Waals surface area contributed by atoms with Gasteiger partial charge in [0.2, 0.25) is 0 Å². The molecule has 1 aliphatic heterocycles. The lowest BCUT2D eigenvalue weighted by atomic mass is 10.1. The number of halogens is 2. The molecule has 2 heterocycles. The molecule has 1 atom stereocenters. The van der Waals surface area contributed by atoms with E-state index in [2.05, 4.69) is 15.2 Å². The van der Waals surface area contributed by atoms with Crippen LogP contribution in [-0.4, -0.2) is 30.5 Å². The molecule has 1 aliphatic rings. The molecule has 30 heavy (non-hydrogen) atoms. The van der Waals surface area contributed by atoms with Gasteiger partial charge in [0.1, 0.15) is 28.9 Å². The molecule has 156 valence electrons. The van der Waals surface area contributed by atoms with Crippen molar-refractivity contribution >= 4 is 34.5 Å². The number of carbonyl (C=O) groups is 1. The Balaban J connectivity index is 1.23. The van der Waals surface area contributed by atoms with Crippen LogP contribution in [0.1, 0.15) is 21.9 Å². The standard InChI is InChI=1S/C22H21ClFN3O2S/c23-16-1-7-19(8-2-16)29-13-21-26-20(14-30-21)22(28)25-11-15-9-10-27(12-15)18-5-3-17(24)4-6-18/h1-8,14-15H,9-13H2,(H,25,28). The maximum Gasteiger partial charge on any atom is 0.270 e. The third-order valence-corrected chi connectivity index (χ3v) is 6.06. The summed E-state index contributed by atoms with van der Waals surface area (Å²) in [6.07, 6.45) is 0.981. The van der Waals surface area contributed by atoms with E-state index in [9.17, 15) is 9.18 Å². The molecule has 0 aliphatic carbocycles. The Morgan fingerprint density at radius 3 is 2.77 bits per heavy atom. The van der Waals surface area contributed by atoms with Crippen molar-refractivity contribution in [2.75, 3.05) is 24.5 Å². The van der Waals surface area contributed by atoms with E-state index in [1.165, 1.54) is 23.5 Å². The van der Waals surface area contributed by atoms with Crippen LogP contribution >= 0.6 is 22.9 Å². The van der Waals surface area contributed by atoms with Crippen LogP contribution in [0, 0.1) is 11.7 Å². The van der Waals surface area contributed by atoms with Crippen molar-refractivity contribution in [2.24, 2.45) is 5.92 Å². The van der Waals surface area contributed by atoms with Gasteiger partial charge < -0.3 is 15.0 Å². The molecule has 1 saturated heterocycles. The number of carbonyl (C=O) groups excluding carboxylic acids is 1. The molecule has 4 rings (SSSR count). The number of aromatic nitrogens is 1. The second kappa shape index (κ2) is 9.45. The number of hydrogen-bond donors (Lipinski definition) is 1. The maximum absolute atomic E-state index is 13.1. The van der Waals surface area contributed by atoms with Crippen molar-refractivity contribution in [3.8, 4) is 5.75 Å². The van der Waals surface area contributed by atoms with Crippen LogP contribution in [-0.2, 0) is 6.61 Å². The Kier molecular flexibility index (Phi) is 6.50. The minimum absolute atomic E-state index is 0.177. The van der Waals surface area contributed by atoms with E-state index in [0.29, 0.717) is 35.5 Å². The number of amides is 1. The number of anilines is 1. The highest BCUT2D eigenvalue weighted by molar-refractivity contribution is 7.09. The largest absolute Gasteiger partial charge is 0.486 e. The summed E-state index contributed by atoms with van der Waals surface area (Å²) in [6.45, 7) is 2.62. The van der Waals surface area contributed by atoms with E-state index < -0.39 is 0 Å². The van der Waals surface area contributed by atoms with E-state index in [-0.39, 0.29) is 11.7 Å². The molecule has 1 unspecified atom stereocenters. The molecular weight excluding hydrogens is 425 g/mol. The van der Waals surface area contributed by atoms with Gasteiger partial charge in [0, 0.05) is 35.7 Å². The van der Waals surface area contributed by atoms with Gasteiger partial charge in [-0.3, -0.25) is 4.79 Å². The van der Waals surface area contributed by atoms with Crippen molar-refractivity contribution in [1.29, 1.82) is 0 Å². The minimum Gasteiger partial charge on any atom is -0.486 e. The summed E-state index contributed by atoms with van der Waals surface area (Å²) in [5.41, 5.74) is 1.41. The van der Waals surface area contributed by atoms with Crippen LogP contribution in [0.15, 0.2) is 53.9 Å². The van der Waals surface area contributed by atoms with Crippen LogP contribution in [0.5, 0.6) is 5.75 Å². The van der Waals surface area contributed by atoms with Crippen LogP contribution in [0.4, 0.5) is 10.1 Å². The Labute approximate surface area is 183 Å². The predicted molar refractivity (Wildman–Crippen MR) is 117 cm³/mol. The lowest BCUT2D eigenvalue weighted by molar-refractivity contribution is 0.0943. The summed E-state index contributed by atoms with van der Waals surface area (Å²) in [5, 5.41) is 6.11. The summed E-state index contributed by atoms with van der Waals surface area (Å²) < 4.78 is 18.8. The molecular formula is C22H21ClFN3O2S. The van der Waals surface area contributed by atoms with E-state index in [1.54, 1.807) is 41.8 Å². The topological polar surface area (TPSA) is 54.5 Å². The van der Waals surface area contributed by atoms with Crippen LogP contribution in [0.25, 0.3) is 0 Å². The van der Waals surface area contributed by atoms with Gasteiger partial charge in [0.25, 0.3) is 5.91 Å². The molecule has 1 aromatic heterocycles. The van der Waals surface area contributed by atoms with Gasteiger partial charge in [-0.15, -0.1) is 11.3 Å². The van der Waals surface area contributed by atoms with Gasteiger partial charge in [-0.25, -0.2) is 9.37 Å². The Morgan fingerprint density at radius 1 is 1.23 bits per heavy atom. The number of benzene rings is 2. The monoisotopic (exact) mass is 445 g/mol. The van der Waals surface area contributed by atoms with Crippen LogP contribution in [0.3, 0.4) is 0 Å². The van der Waals surface area contributed by atoms with Gasteiger partial charge in [0.05, 0.1) is 0 Å². The van der Waals surface area contributed by atoms with E-state index in [0.717, 1.165) is 30.2 Å². The molecule has 1 amide bonds. The zero-order chi connectivity index (χ0) is 20.9. The average Bonchev–Trinajstić information content (AvgIpc) is 3.42. The lowest BCUT2D eigenvalue weighted by Crippen LogP contribution is -2.31. The summed E-state index contributed by atoms with van der Waals surface area (Å²) >= 11 is 7.26. The SMILES string of the molecule is O=C(NCC1CCN(c2ccc(F)cc2)C1)c1csc(COc2ccc(Cl)cc2)n1. The molecule has 0 radical (unpaired) electrons. The van der Waals surface area contributed by atoms with Crippen molar-refractivity contribution < 1.29 is 13.9 Å². The Hall–Kier alpha value is -2.64. The fraction of sp³-hybridized carbons (Fsp3) is 0.273. The molecule has 2 aromatic carbocycles. The first-order valence-corrected chi connectivity index (χ1v) is 10.9. The number of ether oxygens (including phenoxy) is 1. The van der Waals surface area contributed by atoms with Gasteiger partial charge in [-0.05, 0) is 60.9 Å². The number of rotatable bonds is 7. The fourth-order valence-corrected chi connectivity index (χ4v) is 4.18. The first-order chi connectivity index (χ1) is 14.6. The van der Waals surface area contributed by atoms with E-state index in [1.807, 2.05) is 0 Å². The van der Waals surface area contributed by atoms with E-state index in [4.69, 9.17) is 16.3 Å². The number of hydrogen-bond acceptors (Lipinski definition) is 5. The van der Waals surface area contributed by atoms with Gasteiger partial charge in [-0.1, -0.05) is 11.6 Å². The highest BCUT2D eigenvalue weighted by Gasteiger charge is 2.23. The summed E-state index contributed by atoms with van der Waals surface area (Å²) in [4.78, 5) is 19.0. The second-order valence-electron chi connectivity index (χ2n) is 7.16. The molecule has 5 nitrogen and oxygen atoms in total. The molecule has 3 aromatic rings. The van der Waals surface area contributed by atoms with Crippen LogP contribution < -0.4 is 15.0 Å². The van der Waals surface area contributed by atoms with Crippen molar-refractivity contribution in [1.82, 2.24) is 10.3 Å². The highest BCUT2D eigenvalue weighted by atomic mass is 35.5. The Bertz CT molecular complexity index is 994. The lowest BCUT2D eigenvalue weighted by Gasteiger charge is -2.18. The second-order valence-corrected chi connectivity index (χ2v) is 8.54. The number of thiazole rings is 1. The summed E-state index contributed by atoms with van der Waals surface area (Å²) in [6, 6.07) is 13.6. The molecule has 1 fully saturated rings. The smallest absolute Gasteiger partial charge is 0.270 e. The van der Waals surface area contributed by atoms with Crippen molar-refractivity contribution in [3.05, 3.63) is 75.5 Å². The molecule has 0 bridgehead atoms. The highest BCUT2D eigenvalue weighted by Crippen LogP contribution is 2.24. The molecule has 8 heteroatoms. The van der Waals surface area contributed by atoms with Gasteiger partial charge in [0.15, 0.2) is 0 Å². The third kappa shape index (κ3) is 5.29. The maximum atomic E-state index is 13.1. The number of nitrogens with one attached hydrogen (secondary N) is 1. The third-order valence-electron chi connectivity index (χ3n) is 4.99. The Morgan fingerprint density at radius 2 is 2.00 bits per heavy atom. The normalized spacial score (nSPS) is 15.9. The van der Waals surface area contributed by atoms with Crippen LogP contribution in [0.2, 0.25) is 5.02 Å². The van der Waals surface area contributed by atoms with Gasteiger partial charge >= 0.3 is 0 Å². The summed E-state index contributed by atoms with van der Waals surface area (Å²) in [5.74, 6) is 0.644. The minimum atomic E-state index is -0.233. The first-order valence-electron chi connectivity index (χ1n) is 9.68. The summed E-state index contributed by atoms with van der Waals surface area (Å²) in [7, 11) is 0. The fourth-order valence-electron chi connectivity index (χ4n) is 3.37. The number of nitrogens with zero attached hydrogens (tertiary/aromatic N) is 2. The molecule has 0 spiro atoms. The van der Waals surface area contributed by atoms with E-state index >= 15 is 0 Å². The zero-order valence-electron chi connectivity index (χ0n) is 16.2. The van der Waals surface area contributed by atoms with Crippen molar-refractivity contribution in [2.45, 2.75) is 13.0 Å². The molecule has 0 saturated carbocycles. The quantitative estimate of drug-likeness (QED) is 0.569. The average molecular weight is 446 g/mol. The molecule has 1 N–H and O–H groups in total. The predicted octanol–water partition coefficient (Wildman–Crippen LogP) is 4.77. The van der Waals surface area contributed by atoms with Gasteiger partial charge in [-0.2, -0.15) is 0 Å². The zero-order valence-corrected chi connectivity index (χ0v) is 17.8. The van der Waals surface area contributed by atoms with Crippen molar-refractivity contribution in [3.63, 3.8) is 0 Å².